The molecule has 0 amide bonds. The average molecular weight is 395 g/mol. The molecule has 0 radical (unpaired) electrons. The lowest BCUT2D eigenvalue weighted by atomic mass is 10.0. The molecule has 0 bridgehead atoms. The summed E-state index contributed by atoms with van der Waals surface area (Å²) in [5.41, 5.74) is 2.31. The number of hydrogen-bond donors (Lipinski definition) is 0. The summed E-state index contributed by atoms with van der Waals surface area (Å²) >= 11 is 0. The molecule has 2 heterocycles. The van der Waals surface area contributed by atoms with Gasteiger partial charge in [0.15, 0.2) is 19.2 Å². The summed E-state index contributed by atoms with van der Waals surface area (Å²) < 4.78 is 41.6. The van der Waals surface area contributed by atoms with E-state index in [0.29, 0.717) is 29.3 Å². The van der Waals surface area contributed by atoms with Crippen LogP contribution in [0.15, 0.2) is 24.5 Å². The third-order valence-corrected chi connectivity index (χ3v) is 4.34. The first-order chi connectivity index (χ1) is 13.2. The third-order valence-electron chi connectivity index (χ3n) is 4.34. The summed E-state index contributed by atoms with van der Waals surface area (Å²) in [5.74, 6) is -0.0744. The number of carbonyl (C=O) groups excluding carboxylic acids is 2. The molecule has 0 N–H and O–H groups in total. The number of halogens is 3. The van der Waals surface area contributed by atoms with Gasteiger partial charge in [0.1, 0.15) is 5.69 Å². The van der Waals surface area contributed by atoms with Gasteiger partial charge in [0.25, 0.3) is 0 Å². The molecular formula is C19H20F3N3O3. The summed E-state index contributed by atoms with van der Waals surface area (Å²) in [4.78, 5) is 32.3. The van der Waals surface area contributed by atoms with Crippen LogP contribution in [0.25, 0.3) is 0 Å². The first-order valence-corrected chi connectivity index (χ1v) is 8.40. The fourth-order valence-electron chi connectivity index (χ4n) is 2.66. The van der Waals surface area contributed by atoms with Gasteiger partial charge in [-0.3, -0.25) is 19.5 Å². The molecule has 2 rings (SSSR count). The third kappa shape index (κ3) is 5.35. The molecule has 150 valence electrons. The molecular weight excluding hydrogens is 375 g/mol. The van der Waals surface area contributed by atoms with E-state index in [0.717, 1.165) is 5.56 Å². The maximum absolute atomic E-state index is 12.3. The highest BCUT2D eigenvalue weighted by Crippen LogP contribution is 2.26. The highest BCUT2D eigenvalue weighted by Gasteiger charge is 2.29. The van der Waals surface area contributed by atoms with Crippen molar-refractivity contribution in [1.82, 2.24) is 14.9 Å². The van der Waals surface area contributed by atoms with Crippen molar-refractivity contribution < 1.29 is 27.5 Å². The number of ether oxygens (including phenoxy) is 1. The summed E-state index contributed by atoms with van der Waals surface area (Å²) in [6.07, 6.45) is -0.325. The largest absolute Gasteiger partial charge is 0.468 e. The number of alkyl halides is 3. The molecule has 0 saturated heterocycles. The van der Waals surface area contributed by atoms with Crippen LogP contribution in [0.4, 0.5) is 13.2 Å². The number of carbonyl (C=O) groups is 2. The number of aryl methyl sites for hydroxylation is 1. The fourth-order valence-corrected chi connectivity index (χ4v) is 2.66. The van der Waals surface area contributed by atoms with Crippen molar-refractivity contribution in [3.63, 3.8) is 0 Å². The van der Waals surface area contributed by atoms with Crippen molar-refractivity contribution in [2.45, 2.75) is 32.6 Å². The molecule has 0 saturated carbocycles. The Balaban J connectivity index is 2.18. The maximum atomic E-state index is 12.3. The molecule has 1 unspecified atom stereocenters. The fraction of sp³-hybridized carbons (Fsp3) is 0.368. The van der Waals surface area contributed by atoms with E-state index >= 15 is 0 Å². The van der Waals surface area contributed by atoms with Gasteiger partial charge < -0.3 is 4.74 Å². The zero-order valence-electron chi connectivity index (χ0n) is 15.7. The van der Waals surface area contributed by atoms with Crippen LogP contribution in [0.5, 0.6) is 5.88 Å². The van der Waals surface area contributed by atoms with E-state index in [2.05, 4.69) is 9.97 Å². The smallest absolute Gasteiger partial charge is 0.422 e. The van der Waals surface area contributed by atoms with E-state index in [9.17, 15) is 22.8 Å². The molecule has 6 nitrogen and oxygen atoms in total. The van der Waals surface area contributed by atoms with Gasteiger partial charge in [-0.15, -0.1) is 0 Å². The van der Waals surface area contributed by atoms with Gasteiger partial charge >= 0.3 is 6.18 Å². The second kappa shape index (κ2) is 8.92. The number of aromatic nitrogens is 2. The van der Waals surface area contributed by atoms with E-state index in [1.54, 1.807) is 20.0 Å². The van der Waals surface area contributed by atoms with Gasteiger partial charge in [-0.25, -0.2) is 4.98 Å². The van der Waals surface area contributed by atoms with Crippen molar-refractivity contribution in [2.24, 2.45) is 0 Å². The number of hydrogen-bond acceptors (Lipinski definition) is 6. The Morgan fingerprint density at radius 2 is 1.96 bits per heavy atom. The highest BCUT2D eigenvalue weighted by atomic mass is 19.4. The second-order valence-electron chi connectivity index (χ2n) is 6.39. The van der Waals surface area contributed by atoms with Crippen LogP contribution in [0, 0.1) is 6.92 Å². The average Bonchev–Trinajstić information content (AvgIpc) is 2.65. The van der Waals surface area contributed by atoms with Gasteiger partial charge in [0.05, 0.1) is 0 Å². The van der Waals surface area contributed by atoms with E-state index in [1.165, 1.54) is 18.5 Å². The molecule has 28 heavy (non-hydrogen) atoms. The zero-order valence-corrected chi connectivity index (χ0v) is 15.7. The lowest BCUT2D eigenvalue weighted by molar-refractivity contribution is -0.154. The van der Waals surface area contributed by atoms with E-state index < -0.39 is 12.8 Å². The predicted molar refractivity (Wildman–Crippen MR) is 95.4 cm³/mol. The molecule has 0 aliphatic carbocycles. The van der Waals surface area contributed by atoms with Crippen molar-refractivity contribution in [1.29, 1.82) is 0 Å². The van der Waals surface area contributed by atoms with Gasteiger partial charge in [-0.1, -0.05) is 0 Å². The second-order valence-corrected chi connectivity index (χ2v) is 6.39. The van der Waals surface area contributed by atoms with Crippen LogP contribution in [0.2, 0.25) is 0 Å². The first-order valence-electron chi connectivity index (χ1n) is 8.40. The number of rotatable bonds is 8. The van der Waals surface area contributed by atoms with Crippen LogP contribution in [0.3, 0.4) is 0 Å². The zero-order chi connectivity index (χ0) is 20.9. The summed E-state index contributed by atoms with van der Waals surface area (Å²) in [7, 11) is 1.80. The summed E-state index contributed by atoms with van der Waals surface area (Å²) in [5, 5.41) is 0. The molecule has 2 aromatic heterocycles. The van der Waals surface area contributed by atoms with Crippen molar-refractivity contribution in [2.75, 3.05) is 13.7 Å². The Bertz CT molecular complexity index is 830. The SMILES string of the molecule is Cc1cc(C(C)N(C)Cc2c(C=O)ccnc2C=O)cnc1OCC(F)(F)F. The molecule has 0 fully saturated rings. The summed E-state index contributed by atoms with van der Waals surface area (Å²) in [6.45, 7) is 2.37. The Hall–Kier alpha value is -2.81. The van der Waals surface area contributed by atoms with Crippen LogP contribution < -0.4 is 4.74 Å². The minimum atomic E-state index is -4.43. The van der Waals surface area contributed by atoms with Crippen LogP contribution in [-0.4, -0.2) is 47.3 Å². The minimum Gasteiger partial charge on any atom is -0.468 e. The van der Waals surface area contributed by atoms with Gasteiger partial charge in [-0.2, -0.15) is 13.2 Å². The lowest BCUT2D eigenvalue weighted by Crippen LogP contribution is -2.24. The monoisotopic (exact) mass is 395 g/mol. The molecule has 0 aliphatic rings. The molecule has 2 aromatic rings. The number of aldehydes is 2. The van der Waals surface area contributed by atoms with E-state index in [4.69, 9.17) is 4.74 Å². The predicted octanol–water partition coefficient (Wildman–Crippen LogP) is 3.54. The molecule has 0 aliphatic heterocycles. The first kappa shape index (κ1) is 21.5. The van der Waals surface area contributed by atoms with Gasteiger partial charge in [0, 0.05) is 41.7 Å². The molecule has 0 aromatic carbocycles. The number of pyridine rings is 2. The van der Waals surface area contributed by atoms with Crippen molar-refractivity contribution in [3.05, 3.63) is 52.5 Å². The molecule has 9 heteroatoms. The molecule has 0 spiro atoms. The lowest BCUT2D eigenvalue weighted by Gasteiger charge is -2.26. The van der Waals surface area contributed by atoms with Crippen molar-refractivity contribution >= 4 is 12.6 Å². The number of nitrogens with zero attached hydrogens (tertiary/aromatic N) is 3. The Kier molecular flexibility index (Phi) is 6.85. The van der Waals surface area contributed by atoms with Crippen LogP contribution in [-0.2, 0) is 6.54 Å². The highest BCUT2D eigenvalue weighted by molar-refractivity contribution is 5.83. The van der Waals surface area contributed by atoms with Gasteiger partial charge in [-0.05, 0) is 38.6 Å². The molecule has 1 atom stereocenters. The normalized spacial score (nSPS) is 12.7. The topological polar surface area (TPSA) is 72.4 Å². The Morgan fingerprint density at radius 3 is 2.54 bits per heavy atom. The minimum absolute atomic E-state index is 0.0744. The quantitative estimate of drug-likeness (QED) is 0.637. The Morgan fingerprint density at radius 1 is 1.25 bits per heavy atom. The summed E-state index contributed by atoms with van der Waals surface area (Å²) in [6, 6.07) is 3.04. The van der Waals surface area contributed by atoms with Gasteiger partial charge in [0.2, 0.25) is 5.88 Å². The van der Waals surface area contributed by atoms with Crippen LogP contribution in [0.1, 0.15) is 50.5 Å². The van der Waals surface area contributed by atoms with Crippen LogP contribution >= 0.6 is 0 Å². The standard InChI is InChI=1S/C19H20F3N3O3/c1-12-6-15(7-24-18(12)28-11-19(20,21)22)13(2)25(3)8-16-14(9-26)4-5-23-17(16)10-27/h4-7,9-10,13H,8,11H2,1-3H3. The van der Waals surface area contributed by atoms with Crippen molar-refractivity contribution in [3.8, 4) is 5.88 Å². The van der Waals surface area contributed by atoms with E-state index in [-0.39, 0.29) is 24.2 Å². The maximum Gasteiger partial charge on any atom is 0.422 e. The van der Waals surface area contributed by atoms with E-state index in [1.807, 2.05) is 11.8 Å². The Labute approximate surface area is 160 Å².